The summed E-state index contributed by atoms with van der Waals surface area (Å²) in [7, 11) is 0.639. The summed E-state index contributed by atoms with van der Waals surface area (Å²) in [4.78, 5) is 0. The van der Waals surface area contributed by atoms with Crippen LogP contribution in [0.2, 0.25) is 0 Å². The van der Waals surface area contributed by atoms with Crippen LogP contribution < -0.4 is 10.4 Å². The first kappa shape index (κ1) is 19.7. The van der Waals surface area contributed by atoms with E-state index < -0.39 is 0 Å². The third kappa shape index (κ3) is 4.20. The van der Waals surface area contributed by atoms with E-state index in [0.717, 1.165) is 0 Å². The summed E-state index contributed by atoms with van der Waals surface area (Å²) in [5.74, 6) is 0.586. The third-order valence-corrected chi connectivity index (χ3v) is 7.31. The molecule has 1 unspecified atom stereocenters. The second-order valence-corrected chi connectivity index (χ2v) is 9.34. The third-order valence-electron chi connectivity index (χ3n) is 5.90. The molecule has 2 radical (unpaired) electrons. The molecule has 0 saturated carbocycles. The molecular weight excluding hydrogens is 364 g/mol. The van der Waals surface area contributed by atoms with E-state index in [2.05, 4.69) is 106 Å². The van der Waals surface area contributed by atoms with Crippen molar-refractivity contribution in [1.29, 1.82) is 0 Å². The van der Waals surface area contributed by atoms with E-state index in [1.165, 1.54) is 56.6 Å². The first-order valence-electron chi connectivity index (χ1n) is 10.5. The summed E-state index contributed by atoms with van der Waals surface area (Å²) < 4.78 is 0. The van der Waals surface area contributed by atoms with Crippen LogP contribution in [0.4, 0.5) is 0 Å². The average molecular weight is 393 g/mol. The van der Waals surface area contributed by atoms with Crippen molar-refractivity contribution in [2.45, 2.75) is 33.6 Å². The highest BCUT2D eigenvalue weighted by molar-refractivity contribution is 6.69. The molecular formula is C28H28Si. The summed E-state index contributed by atoms with van der Waals surface area (Å²) in [6, 6.07) is 26.7. The minimum Gasteiger partial charge on any atom is -0.0842 e. The van der Waals surface area contributed by atoms with Crippen molar-refractivity contribution in [3.05, 3.63) is 102 Å². The largest absolute Gasteiger partial charge is 0.123 e. The molecule has 3 aromatic carbocycles. The molecule has 1 aliphatic carbocycles. The molecule has 0 fully saturated rings. The predicted molar refractivity (Wildman–Crippen MR) is 128 cm³/mol. The van der Waals surface area contributed by atoms with Crippen molar-refractivity contribution >= 4 is 25.5 Å². The summed E-state index contributed by atoms with van der Waals surface area (Å²) >= 11 is 0. The molecule has 0 N–H and O–H groups in total. The molecule has 1 heteroatoms. The lowest BCUT2D eigenvalue weighted by atomic mass is 9.88. The molecule has 29 heavy (non-hydrogen) atoms. The van der Waals surface area contributed by atoms with Crippen molar-refractivity contribution in [3.8, 4) is 11.1 Å². The standard InChI is InChI=1S/C28H28Si/c1-20-12-6-7-15-23(20)24-16-8-10-18-26(24)29-27-19-11-9-17-25(27)28-21(2)13-4-5-14-22(28)3/h4,6-13,15-19,22H,5,14H2,1-3H3. The first-order valence-corrected chi connectivity index (χ1v) is 11.5. The van der Waals surface area contributed by atoms with E-state index in [4.69, 9.17) is 0 Å². The number of allylic oxidation sites excluding steroid dienone is 4. The van der Waals surface area contributed by atoms with Crippen LogP contribution >= 0.6 is 0 Å². The van der Waals surface area contributed by atoms with E-state index in [1.54, 1.807) is 0 Å². The molecule has 4 rings (SSSR count). The Morgan fingerprint density at radius 2 is 1.31 bits per heavy atom. The predicted octanol–water partition coefficient (Wildman–Crippen LogP) is 6.08. The number of aryl methyl sites for hydroxylation is 1. The Morgan fingerprint density at radius 1 is 0.724 bits per heavy atom. The second kappa shape index (κ2) is 8.80. The SMILES string of the molecule is CC1=C(c2ccccc2[Si]c2ccccc2-c2ccccc2C)C(C)CCC=C1. The van der Waals surface area contributed by atoms with Crippen LogP contribution in [0.25, 0.3) is 16.7 Å². The first-order chi connectivity index (χ1) is 14.1. The van der Waals surface area contributed by atoms with Gasteiger partial charge in [-0.15, -0.1) is 0 Å². The Balaban J connectivity index is 1.79. The Hall–Kier alpha value is -2.64. The van der Waals surface area contributed by atoms with Crippen molar-refractivity contribution in [1.82, 2.24) is 0 Å². The Morgan fingerprint density at radius 3 is 2.03 bits per heavy atom. The molecule has 0 aliphatic heterocycles. The van der Waals surface area contributed by atoms with Crippen molar-refractivity contribution in [2.24, 2.45) is 5.92 Å². The van der Waals surface area contributed by atoms with Gasteiger partial charge in [0.1, 0.15) is 9.52 Å². The number of hydrogen-bond donors (Lipinski definition) is 0. The van der Waals surface area contributed by atoms with Gasteiger partial charge >= 0.3 is 0 Å². The maximum atomic E-state index is 2.38. The molecule has 0 amide bonds. The maximum absolute atomic E-state index is 2.38. The molecule has 1 atom stereocenters. The topological polar surface area (TPSA) is 0 Å². The molecule has 144 valence electrons. The monoisotopic (exact) mass is 392 g/mol. The van der Waals surface area contributed by atoms with Gasteiger partial charge in [-0.2, -0.15) is 0 Å². The van der Waals surface area contributed by atoms with Crippen molar-refractivity contribution in [3.63, 3.8) is 0 Å². The minimum atomic E-state index is 0.586. The van der Waals surface area contributed by atoms with E-state index in [9.17, 15) is 0 Å². The van der Waals surface area contributed by atoms with Gasteiger partial charge in [-0.25, -0.2) is 0 Å². The van der Waals surface area contributed by atoms with Crippen LogP contribution in [0.15, 0.2) is 90.5 Å². The Labute approximate surface area is 177 Å². The average Bonchev–Trinajstić information content (AvgIpc) is 2.90. The van der Waals surface area contributed by atoms with E-state index in [1.807, 2.05) is 0 Å². The van der Waals surface area contributed by atoms with E-state index >= 15 is 0 Å². The Bertz CT molecular complexity index is 1070. The number of benzene rings is 3. The van der Waals surface area contributed by atoms with Crippen LogP contribution in [0.1, 0.15) is 37.8 Å². The van der Waals surface area contributed by atoms with Gasteiger partial charge in [0, 0.05) is 0 Å². The number of hydrogen-bond acceptors (Lipinski definition) is 0. The molecule has 0 saturated heterocycles. The van der Waals surface area contributed by atoms with Gasteiger partial charge in [-0.1, -0.05) is 102 Å². The van der Waals surface area contributed by atoms with Crippen LogP contribution in [-0.2, 0) is 0 Å². The zero-order chi connectivity index (χ0) is 20.2. The van der Waals surface area contributed by atoms with Gasteiger partial charge in [-0.05, 0) is 66.0 Å². The minimum absolute atomic E-state index is 0.586. The summed E-state index contributed by atoms with van der Waals surface area (Å²) in [6.07, 6.45) is 7.04. The van der Waals surface area contributed by atoms with Gasteiger partial charge in [0.15, 0.2) is 0 Å². The van der Waals surface area contributed by atoms with Gasteiger partial charge in [0.25, 0.3) is 0 Å². The molecule has 1 aliphatic rings. The van der Waals surface area contributed by atoms with Crippen molar-refractivity contribution < 1.29 is 0 Å². The molecule has 3 aromatic rings. The molecule has 0 heterocycles. The highest BCUT2D eigenvalue weighted by atomic mass is 28.2. The van der Waals surface area contributed by atoms with Crippen LogP contribution in [0.3, 0.4) is 0 Å². The Kier molecular flexibility index (Phi) is 5.96. The zero-order valence-corrected chi connectivity index (χ0v) is 18.6. The summed E-state index contributed by atoms with van der Waals surface area (Å²) in [5, 5.41) is 2.87. The quantitative estimate of drug-likeness (QED) is 0.472. The van der Waals surface area contributed by atoms with Crippen LogP contribution in [-0.4, -0.2) is 9.52 Å². The van der Waals surface area contributed by atoms with Gasteiger partial charge in [0.2, 0.25) is 0 Å². The zero-order valence-electron chi connectivity index (χ0n) is 17.6. The van der Waals surface area contributed by atoms with Crippen molar-refractivity contribution in [2.75, 3.05) is 0 Å². The van der Waals surface area contributed by atoms with Gasteiger partial charge in [-0.3, -0.25) is 0 Å². The highest BCUT2D eigenvalue weighted by Gasteiger charge is 2.19. The molecule has 0 aromatic heterocycles. The van der Waals surface area contributed by atoms with Crippen LogP contribution in [0.5, 0.6) is 0 Å². The highest BCUT2D eigenvalue weighted by Crippen LogP contribution is 2.32. The van der Waals surface area contributed by atoms with Crippen LogP contribution in [0, 0.1) is 12.8 Å². The summed E-state index contributed by atoms with van der Waals surface area (Å²) in [5.41, 5.74) is 8.41. The maximum Gasteiger partial charge on any atom is 0.123 e. The molecule has 0 nitrogen and oxygen atoms in total. The molecule has 0 spiro atoms. The lowest BCUT2D eigenvalue weighted by molar-refractivity contribution is 0.678. The fourth-order valence-corrected chi connectivity index (χ4v) is 5.74. The molecule has 0 bridgehead atoms. The van der Waals surface area contributed by atoms with E-state index in [0.29, 0.717) is 15.4 Å². The van der Waals surface area contributed by atoms with Gasteiger partial charge in [0.05, 0.1) is 0 Å². The van der Waals surface area contributed by atoms with E-state index in [-0.39, 0.29) is 0 Å². The smallest absolute Gasteiger partial charge is 0.0842 e. The lowest BCUT2D eigenvalue weighted by Crippen LogP contribution is -2.31. The van der Waals surface area contributed by atoms with Gasteiger partial charge < -0.3 is 0 Å². The lowest BCUT2D eigenvalue weighted by Gasteiger charge is -2.20. The fraction of sp³-hybridized carbons (Fsp3) is 0.214. The number of rotatable bonds is 4. The second-order valence-electron chi connectivity index (χ2n) is 8.01. The summed E-state index contributed by atoms with van der Waals surface area (Å²) in [6.45, 7) is 6.86. The fourth-order valence-electron chi connectivity index (χ4n) is 4.38. The normalized spacial score (nSPS) is 16.7.